The Morgan fingerprint density at radius 1 is 1.18 bits per heavy atom. The van der Waals surface area contributed by atoms with Gasteiger partial charge in [-0.05, 0) is 80.2 Å². The van der Waals surface area contributed by atoms with Crippen LogP contribution in [0.5, 0.6) is 0 Å². The minimum Gasteiger partial charge on any atom is -0.453 e. The Labute approximate surface area is 243 Å². The van der Waals surface area contributed by atoms with Crippen LogP contribution < -0.4 is 5.32 Å². The molecule has 2 aromatic carbocycles. The van der Waals surface area contributed by atoms with Crippen molar-refractivity contribution >= 4 is 23.6 Å². The van der Waals surface area contributed by atoms with Crippen molar-refractivity contribution in [1.82, 2.24) is 10.2 Å². The molecule has 0 radical (unpaired) electrons. The molecule has 1 heterocycles. The lowest BCUT2D eigenvalue weighted by Crippen LogP contribution is -2.49. The van der Waals surface area contributed by atoms with Gasteiger partial charge in [0.2, 0.25) is 0 Å². The first-order valence-corrected chi connectivity index (χ1v) is 14.7. The van der Waals surface area contributed by atoms with Gasteiger partial charge in [-0.1, -0.05) is 67.1 Å². The van der Waals surface area contributed by atoms with Gasteiger partial charge in [-0.25, -0.2) is 4.79 Å². The molecule has 2 atom stereocenters. The fraction of sp³-hybridized carbons (Fsp3) is 0.455. The summed E-state index contributed by atoms with van der Waals surface area (Å²) in [6.07, 6.45) is 8.90. The lowest BCUT2D eigenvalue weighted by molar-refractivity contribution is -0.132. The number of halogens is 1. The van der Waals surface area contributed by atoms with E-state index in [1.54, 1.807) is 0 Å². The van der Waals surface area contributed by atoms with Crippen LogP contribution in [0.4, 0.5) is 4.79 Å². The summed E-state index contributed by atoms with van der Waals surface area (Å²) >= 11 is 6.86. The number of aliphatic hydroxyl groups is 1. The fourth-order valence-electron chi connectivity index (χ4n) is 6.08. The Bertz CT molecular complexity index is 1290. The van der Waals surface area contributed by atoms with Crippen molar-refractivity contribution in [2.75, 3.05) is 26.7 Å². The monoisotopic (exact) mass is 564 g/mol. The number of nitrogens with one attached hydrogen (secondary N) is 1. The van der Waals surface area contributed by atoms with Gasteiger partial charge < -0.3 is 20.1 Å². The van der Waals surface area contributed by atoms with Crippen molar-refractivity contribution in [3.8, 4) is 11.1 Å². The molecular weight excluding hydrogens is 524 g/mol. The third-order valence-electron chi connectivity index (χ3n) is 8.30. The summed E-state index contributed by atoms with van der Waals surface area (Å²) in [5, 5.41) is 16.0. The highest BCUT2D eigenvalue weighted by Gasteiger charge is 2.43. The number of nitrogens with zero attached hydrogens (tertiary/aromatic N) is 1. The smallest absolute Gasteiger partial charge is 0.406 e. The average Bonchev–Trinajstić information content (AvgIpc) is 2.98. The van der Waals surface area contributed by atoms with Crippen LogP contribution >= 0.6 is 11.6 Å². The number of benzene rings is 2. The second-order valence-corrected chi connectivity index (χ2v) is 11.2. The standard InChI is InChI=1S/C33H41ClN2O4/c1-4-24-12-7-13-25(21-24)30-28(16-8-17-29(30)34)33(39,18-10-19-35-32(38)40-3)26-14-9-20-36(22-26)31(37)27-15-6-5-11-23(27)2/h7-8,11-13,15-17,21,26,39H,4-6,9-10,14,18-20,22H2,1-3H3,(H,35,38). The number of carbonyl (C=O) groups excluding carboxylic acids is 2. The number of hydrogen-bond donors (Lipinski definition) is 2. The highest BCUT2D eigenvalue weighted by atomic mass is 35.5. The van der Waals surface area contributed by atoms with Gasteiger partial charge in [-0.3, -0.25) is 4.79 Å². The number of aryl methyl sites for hydroxylation is 1. The summed E-state index contributed by atoms with van der Waals surface area (Å²) in [7, 11) is 1.33. The van der Waals surface area contributed by atoms with Gasteiger partial charge in [0.15, 0.2) is 0 Å². The molecular formula is C33H41ClN2O4. The van der Waals surface area contributed by atoms with Crippen molar-refractivity contribution in [3.05, 3.63) is 81.9 Å². The number of carbonyl (C=O) groups is 2. The van der Waals surface area contributed by atoms with E-state index in [1.807, 2.05) is 48.2 Å². The number of likely N-dealkylation sites (tertiary alicyclic amines) is 1. The van der Waals surface area contributed by atoms with Crippen LogP contribution in [0.25, 0.3) is 11.1 Å². The van der Waals surface area contributed by atoms with Crippen LogP contribution in [0.3, 0.4) is 0 Å². The first-order valence-electron chi connectivity index (χ1n) is 14.4. The Morgan fingerprint density at radius 3 is 2.70 bits per heavy atom. The third-order valence-corrected chi connectivity index (χ3v) is 8.61. The van der Waals surface area contributed by atoms with Crippen LogP contribution in [0.15, 0.2) is 65.8 Å². The lowest BCUT2D eigenvalue weighted by Gasteiger charge is -2.44. The van der Waals surface area contributed by atoms with E-state index in [2.05, 4.69) is 30.4 Å². The number of piperidine rings is 1. The SMILES string of the molecule is CCc1cccc(-c2c(Cl)cccc2C(O)(CCCNC(=O)OC)C2CCCN(C(=O)C3=CCCC=C3C)C2)c1. The van der Waals surface area contributed by atoms with Gasteiger partial charge in [0.05, 0.1) is 12.7 Å². The predicted molar refractivity (Wildman–Crippen MR) is 160 cm³/mol. The van der Waals surface area contributed by atoms with E-state index in [9.17, 15) is 14.7 Å². The largest absolute Gasteiger partial charge is 0.453 e. The summed E-state index contributed by atoms with van der Waals surface area (Å²) in [6.45, 7) is 5.59. The van der Waals surface area contributed by atoms with E-state index in [1.165, 1.54) is 12.7 Å². The molecule has 2 aromatic rings. The number of amides is 2. The molecule has 1 aliphatic heterocycles. The summed E-state index contributed by atoms with van der Waals surface area (Å²) < 4.78 is 4.72. The van der Waals surface area contributed by atoms with Gasteiger partial charge in [0.25, 0.3) is 5.91 Å². The molecule has 0 bridgehead atoms. The van der Waals surface area contributed by atoms with Crippen molar-refractivity contribution in [2.24, 2.45) is 5.92 Å². The maximum absolute atomic E-state index is 13.6. The van der Waals surface area contributed by atoms with E-state index >= 15 is 0 Å². The van der Waals surface area contributed by atoms with Gasteiger partial charge >= 0.3 is 6.09 Å². The van der Waals surface area contributed by atoms with E-state index in [-0.39, 0.29) is 11.8 Å². The van der Waals surface area contributed by atoms with Crippen molar-refractivity contribution in [3.63, 3.8) is 0 Å². The molecule has 0 aromatic heterocycles. The molecule has 1 saturated heterocycles. The predicted octanol–water partition coefficient (Wildman–Crippen LogP) is 6.80. The quantitative estimate of drug-likeness (QED) is 0.328. The molecule has 7 heteroatoms. The van der Waals surface area contributed by atoms with Crippen LogP contribution in [-0.2, 0) is 21.6 Å². The van der Waals surface area contributed by atoms with E-state index in [4.69, 9.17) is 16.3 Å². The molecule has 1 fully saturated rings. The zero-order valence-electron chi connectivity index (χ0n) is 23.8. The molecule has 4 rings (SSSR count). The van der Waals surface area contributed by atoms with E-state index < -0.39 is 11.7 Å². The number of methoxy groups -OCH3 is 1. The Morgan fingerprint density at radius 2 is 1.95 bits per heavy atom. The summed E-state index contributed by atoms with van der Waals surface area (Å²) in [6, 6.07) is 14.0. The van der Waals surface area contributed by atoms with Crippen molar-refractivity contribution < 1.29 is 19.4 Å². The molecule has 0 spiro atoms. The van der Waals surface area contributed by atoms with Gasteiger partial charge in [0, 0.05) is 41.7 Å². The molecule has 1 aliphatic carbocycles. The number of ether oxygens (including phenoxy) is 1. The minimum atomic E-state index is -1.27. The minimum absolute atomic E-state index is 0.0369. The van der Waals surface area contributed by atoms with Gasteiger partial charge in [-0.2, -0.15) is 0 Å². The number of rotatable bonds is 9. The van der Waals surface area contributed by atoms with Crippen LogP contribution in [0.2, 0.25) is 5.02 Å². The number of hydrogen-bond acceptors (Lipinski definition) is 4. The van der Waals surface area contributed by atoms with Gasteiger partial charge in [0.1, 0.15) is 0 Å². The Hall–Kier alpha value is -3.09. The molecule has 6 nitrogen and oxygen atoms in total. The Kier molecular flexibility index (Phi) is 10.1. The first kappa shape index (κ1) is 29.9. The molecule has 2 N–H and O–H groups in total. The average molecular weight is 565 g/mol. The highest BCUT2D eigenvalue weighted by molar-refractivity contribution is 6.33. The lowest BCUT2D eigenvalue weighted by atomic mass is 9.72. The first-order chi connectivity index (χ1) is 19.3. The van der Waals surface area contributed by atoms with E-state index in [0.717, 1.165) is 59.9 Å². The van der Waals surface area contributed by atoms with Crippen LogP contribution in [0, 0.1) is 5.92 Å². The summed E-state index contributed by atoms with van der Waals surface area (Å²) in [5.74, 6) is -0.168. The molecule has 214 valence electrons. The zero-order valence-corrected chi connectivity index (χ0v) is 24.6. The number of alkyl carbamates (subject to hydrolysis) is 1. The second kappa shape index (κ2) is 13.5. The molecule has 2 unspecified atom stereocenters. The third kappa shape index (κ3) is 6.61. The normalized spacial score (nSPS) is 18.8. The molecule has 2 amide bonds. The Balaban J connectivity index is 1.71. The highest BCUT2D eigenvalue weighted by Crippen LogP contribution is 2.46. The summed E-state index contributed by atoms with van der Waals surface area (Å²) in [5.41, 5.74) is 4.26. The van der Waals surface area contributed by atoms with Gasteiger partial charge in [-0.15, -0.1) is 0 Å². The molecule has 40 heavy (non-hydrogen) atoms. The zero-order chi connectivity index (χ0) is 28.7. The van der Waals surface area contributed by atoms with E-state index in [0.29, 0.717) is 37.5 Å². The van der Waals surface area contributed by atoms with Crippen molar-refractivity contribution in [2.45, 2.75) is 64.4 Å². The van der Waals surface area contributed by atoms with Crippen LogP contribution in [-0.4, -0.2) is 48.8 Å². The maximum Gasteiger partial charge on any atom is 0.406 e. The maximum atomic E-state index is 13.6. The number of allylic oxidation sites excluding steroid dienone is 2. The van der Waals surface area contributed by atoms with Crippen LogP contribution in [0.1, 0.15) is 63.5 Å². The molecule has 0 saturated carbocycles. The fourth-order valence-corrected chi connectivity index (χ4v) is 6.36. The summed E-state index contributed by atoms with van der Waals surface area (Å²) in [4.78, 5) is 27.2. The van der Waals surface area contributed by atoms with Crippen molar-refractivity contribution in [1.29, 1.82) is 0 Å². The molecule has 2 aliphatic rings. The second-order valence-electron chi connectivity index (χ2n) is 10.8. The topological polar surface area (TPSA) is 78.9 Å².